The highest BCUT2D eigenvalue weighted by molar-refractivity contribution is 5.68. The molecule has 1 amide bonds. The van der Waals surface area contributed by atoms with Crippen LogP contribution in [0.5, 0.6) is 0 Å². The van der Waals surface area contributed by atoms with Gasteiger partial charge < -0.3 is 20.1 Å². The first-order valence-corrected chi connectivity index (χ1v) is 6.71. The summed E-state index contributed by atoms with van der Waals surface area (Å²) in [6.45, 7) is 8.33. The summed E-state index contributed by atoms with van der Waals surface area (Å²) >= 11 is 0. The van der Waals surface area contributed by atoms with Crippen LogP contribution in [0.1, 0.15) is 40.0 Å². The molecule has 18 heavy (non-hydrogen) atoms. The molecule has 1 fully saturated rings. The maximum atomic E-state index is 12.2. The maximum absolute atomic E-state index is 12.2. The smallest absolute Gasteiger partial charge is 0.410 e. The first-order chi connectivity index (χ1) is 8.44. The molecule has 1 aliphatic rings. The van der Waals surface area contributed by atoms with Crippen molar-refractivity contribution >= 4 is 6.09 Å². The summed E-state index contributed by atoms with van der Waals surface area (Å²) in [4.78, 5) is 14.0. The van der Waals surface area contributed by atoms with Gasteiger partial charge in [-0.1, -0.05) is 0 Å². The Morgan fingerprint density at radius 1 is 1.39 bits per heavy atom. The minimum atomic E-state index is -0.455. The van der Waals surface area contributed by atoms with Crippen molar-refractivity contribution in [2.45, 2.75) is 51.7 Å². The molecule has 1 aliphatic heterocycles. The third-order valence-electron chi connectivity index (χ3n) is 2.86. The lowest BCUT2D eigenvalue weighted by molar-refractivity contribution is -0.00566. The van der Waals surface area contributed by atoms with Gasteiger partial charge in [0, 0.05) is 25.8 Å². The number of hydrogen-bond donors (Lipinski definition) is 1. The molecule has 0 atom stereocenters. The van der Waals surface area contributed by atoms with Gasteiger partial charge in [0.05, 0.1) is 0 Å². The molecule has 106 valence electrons. The first kappa shape index (κ1) is 15.2. The van der Waals surface area contributed by atoms with Gasteiger partial charge in [0.2, 0.25) is 0 Å². The second-order valence-electron chi connectivity index (χ2n) is 5.66. The predicted octanol–water partition coefficient (Wildman–Crippen LogP) is 1.75. The zero-order chi connectivity index (χ0) is 13.6. The lowest BCUT2D eigenvalue weighted by Gasteiger charge is -2.35. The fourth-order valence-electron chi connectivity index (χ4n) is 2.00. The molecule has 0 radical (unpaired) electrons. The van der Waals surface area contributed by atoms with Crippen LogP contribution in [0.15, 0.2) is 0 Å². The van der Waals surface area contributed by atoms with Crippen LogP contribution < -0.4 is 5.73 Å². The average Bonchev–Trinajstić information content (AvgIpc) is 2.28. The molecule has 5 heteroatoms. The fourth-order valence-corrected chi connectivity index (χ4v) is 2.00. The van der Waals surface area contributed by atoms with Crippen molar-refractivity contribution in [3.05, 3.63) is 0 Å². The molecule has 1 heterocycles. The number of nitrogens with two attached hydrogens (primary N) is 1. The van der Waals surface area contributed by atoms with Gasteiger partial charge in [0.25, 0.3) is 0 Å². The minimum absolute atomic E-state index is 0.222. The van der Waals surface area contributed by atoms with Crippen LogP contribution in [0.25, 0.3) is 0 Å². The van der Waals surface area contributed by atoms with Crippen LogP contribution in [0.2, 0.25) is 0 Å². The number of rotatable bonds is 4. The van der Waals surface area contributed by atoms with Crippen LogP contribution in [0.4, 0.5) is 4.79 Å². The van der Waals surface area contributed by atoms with Gasteiger partial charge in [-0.25, -0.2) is 4.79 Å². The molecular formula is C13H26N2O3. The summed E-state index contributed by atoms with van der Waals surface area (Å²) in [5, 5.41) is 0. The maximum Gasteiger partial charge on any atom is 0.410 e. The van der Waals surface area contributed by atoms with Gasteiger partial charge >= 0.3 is 6.09 Å². The third kappa shape index (κ3) is 5.23. The first-order valence-electron chi connectivity index (χ1n) is 6.71. The molecule has 0 saturated carbocycles. The van der Waals surface area contributed by atoms with E-state index in [1.165, 1.54) is 0 Å². The molecule has 0 aromatic heterocycles. The van der Waals surface area contributed by atoms with E-state index < -0.39 is 5.60 Å². The molecule has 0 aromatic carbocycles. The fraction of sp³-hybridized carbons (Fsp3) is 0.923. The molecule has 1 rings (SSSR count). The molecule has 0 aliphatic carbocycles. The van der Waals surface area contributed by atoms with Gasteiger partial charge in [-0.2, -0.15) is 0 Å². The van der Waals surface area contributed by atoms with E-state index in [1.54, 1.807) is 0 Å². The van der Waals surface area contributed by atoms with Crippen molar-refractivity contribution < 1.29 is 14.3 Å². The summed E-state index contributed by atoms with van der Waals surface area (Å²) in [6, 6.07) is 0.222. The van der Waals surface area contributed by atoms with E-state index in [-0.39, 0.29) is 12.1 Å². The molecule has 5 nitrogen and oxygen atoms in total. The zero-order valence-electron chi connectivity index (χ0n) is 11.8. The Morgan fingerprint density at radius 2 is 2.00 bits per heavy atom. The van der Waals surface area contributed by atoms with Crippen LogP contribution in [-0.2, 0) is 9.47 Å². The number of amides is 1. The van der Waals surface area contributed by atoms with E-state index in [2.05, 4.69) is 0 Å². The van der Waals surface area contributed by atoms with Gasteiger partial charge in [0.15, 0.2) is 0 Å². The number of nitrogens with zero attached hydrogens (tertiary/aromatic N) is 1. The summed E-state index contributed by atoms with van der Waals surface area (Å²) < 4.78 is 10.8. The highest BCUT2D eigenvalue weighted by Gasteiger charge is 2.29. The Bertz CT molecular complexity index is 257. The van der Waals surface area contributed by atoms with Gasteiger partial charge in [-0.15, -0.1) is 0 Å². The summed E-state index contributed by atoms with van der Waals surface area (Å²) in [6.07, 6.45) is 2.33. The molecular weight excluding hydrogens is 232 g/mol. The molecule has 0 unspecified atom stereocenters. The quantitative estimate of drug-likeness (QED) is 0.834. The summed E-state index contributed by atoms with van der Waals surface area (Å²) in [5.41, 5.74) is 5.08. The number of carbonyl (C=O) groups is 1. The molecule has 0 aromatic rings. The predicted molar refractivity (Wildman–Crippen MR) is 70.5 cm³/mol. The molecule has 1 saturated heterocycles. The molecule has 2 N–H and O–H groups in total. The Morgan fingerprint density at radius 3 is 2.50 bits per heavy atom. The lowest BCUT2D eigenvalue weighted by Crippen LogP contribution is -2.46. The van der Waals surface area contributed by atoms with Crippen LogP contribution in [0.3, 0.4) is 0 Å². The topological polar surface area (TPSA) is 64.8 Å². The van der Waals surface area contributed by atoms with Gasteiger partial charge in [0.1, 0.15) is 5.60 Å². The standard InChI is InChI=1S/C13H26N2O3/c1-13(2,3)18-12(16)15(8-4-7-14)11-5-9-17-10-6-11/h11H,4-10,14H2,1-3H3. The van der Waals surface area contributed by atoms with Crippen molar-refractivity contribution in [2.24, 2.45) is 5.73 Å². The Labute approximate surface area is 110 Å². The van der Waals surface area contributed by atoms with E-state index in [1.807, 2.05) is 25.7 Å². The monoisotopic (exact) mass is 258 g/mol. The van der Waals surface area contributed by atoms with Crippen molar-refractivity contribution in [3.8, 4) is 0 Å². The van der Waals surface area contributed by atoms with Crippen LogP contribution in [-0.4, -0.2) is 48.9 Å². The van der Waals surface area contributed by atoms with Crippen LogP contribution in [0, 0.1) is 0 Å². The normalized spacial score (nSPS) is 17.6. The highest BCUT2D eigenvalue weighted by atomic mass is 16.6. The van der Waals surface area contributed by atoms with Crippen molar-refractivity contribution in [1.29, 1.82) is 0 Å². The number of carbonyl (C=O) groups excluding carboxylic acids is 1. The Kier molecular flexibility index (Phi) is 5.88. The number of hydrogen-bond acceptors (Lipinski definition) is 4. The minimum Gasteiger partial charge on any atom is -0.444 e. The Hall–Kier alpha value is -0.810. The molecule has 0 bridgehead atoms. The second-order valence-corrected chi connectivity index (χ2v) is 5.66. The van der Waals surface area contributed by atoms with Gasteiger partial charge in [-0.05, 0) is 46.6 Å². The SMILES string of the molecule is CC(C)(C)OC(=O)N(CCCN)C1CCOCC1. The zero-order valence-corrected chi connectivity index (χ0v) is 11.8. The van der Waals surface area contributed by atoms with E-state index in [4.69, 9.17) is 15.2 Å². The van der Waals surface area contributed by atoms with E-state index in [0.29, 0.717) is 26.3 Å². The Balaban J connectivity index is 2.60. The average molecular weight is 258 g/mol. The second kappa shape index (κ2) is 6.95. The van der Waals surface area contributed by atoms with E-state index in [0.717, 1.165) is 19.3 Å². The third-order valence-corrected chi connectivity index (χ3v) is 2.86. The lowest BCUT2D eigenvalue weighted by atomic mass is 10.1. The van der Waals surface area contributed by atoms with E-state index in [9.17, 15) is 4.79 Å². The van der Waals surface area contributed by atoms with E-state index >= 15 is 0 Å². The largest absolute Gasteiger partial charge is 0.444 e. The van der Waals surface area contributed by atoms with Crippen molar-refractivity contribution in [1.82, 2.24) is 4.90 Å². The van der Waals surface area contributed by atoms with Crippen molar-refractivity contribution in [2.75, 3.05) is 26.3 Å². The number of ether oxygens (including phenoxy) is 2. The van der Waals surface area contributed by atoms with Gasteiger partial charge in [-0.3, -0.25) is 0 Å². The molecule has 0 spiro atoms. The van der Waals surface area contributed by atoms with Crippen LogP contribution >= 0.6 is 0 Å². The highest BCUT2D eigenvalue weighted by Crippen LogP contribution is 2.18. The van der Waals surface area contributed by atoms with Crippen molar-refractivity contribution in [3.63, 3.8) is 0 Å². The summed E-state index contributed by atoms with van der Waals surface area (Å²) in [7, 11) is 0. The summed E-state index contributed by atoms with van der Waals surface area (Å²) in [5.74, 6) is 0.